The quantitative estimate of drug-likeness (QED) is 0.745. The van der Waals surface area contributed by atoms with Crippen LogP contribution in [-0.2, 0) is 14.6 Å². The van der Waals surface area contributed by atoms with Crippen molar-refractivity contribution in [3.8, 4) is 0 Å². The van der Waals surface area contributed by atoms with Crippen molar-refractivity contribution in [3.05, 3.63) is 59.9 Å². The minimum absolute atomic E-state index is 0.136. The molecule has 4 nitrogen and oxygen atoms in total. The fourth-order valence-electron chi connectivity index (χ4n) is 2.22. The Morgan fingerprint density at radius 3 is 2.40 bits per heavy atom. The summed E-state index contributed by atoms with van der Waals surface area (Å²) in [5.74, 6) is 0.0581. The first-order valence-electron chi connectivity index (χ1n) is 7.74. The second kappa shape index (κ2) is 8.49. The van der Waals surface area contributed by atoms with Crippen molar-refractivity contribution in [1.82, 2.24) is 5.32 Å². The molecule has 2 aromatic rings. The van der Waals surface area contributed by atoms with E-state index in [2.05, 4.69) is 5.32 Å². The van der Waals surface area contributed by atoms with Gasteiger partial charge in [0.25, 0.3) is 0 Å². The van der Waals surface area contributed by atoms with Gasteiger partial charge < -0.3 is 5.32 Å². The highest BCUT2D eigenvalue weighted by Gasteiger charge is 2.12. The third-order valence-electron chi connectivity index (χ3n) is 3.61. The lowest BCUT2D eigenvalue weighted by molar-refractivity contribution is -0.121. The van der Waals surface area contributed by atoms with Gasteiger partial charge in [0.1, 0.15) is 5.82 Å². The van der Waals surface area contributed by atoms with Crippen LogP contribution in [0.15, 0.2) is 58.3 Å². The monoisotopic (exact) mass is 381 g/mol. The Labute approximate surface area is 151 Å². The fourth-order valence-corrected chi connectivity index (χ4v) is 3.73. The van der Waals surface area contributed by atoms with E-state index in [1.165, 1.54) is 30.0 Å². The van der Waals surface area contributed by atoms with Gasteiger partial charge in [-0.1, -0.05) is 24.3 Å². The van der Waals surface area contributed by atoms with E-state index in [4.69, 9.17) is 0 Å². The van der Waals surface area contributed by atoms with E-state index in [-0.39, 0.29) is 29.1 Å². The molecule has 134 valence electrons. The van der Waals surface area contributed by atoms with Crippen LogP contribution in [0, 0.1) is 5.82 Å². The molecule has 0 aliphatic rings. The molecule has 1 N–H and O–H groups in total. The Bertz CT molecular complexity index is 836. The SMILES string of the molecule is CC(NC(=O)CCSc1ccccc1F)c1ccc(S(C)(=O)=O)cc1. The molecule has 0 saturated carbocycles. The summed E-state index contributed by atoms with van der Waals surface area (Å²) in [6, 6.07) is 12.7. The molecule has 7 heteroatoms. The zero-order chi connectivity index (χ0) is 18.4. The largest absolute Gasteiger partial charge is 0.350 e. The molecule has 2 rings (SSSR count). The molecule has 1 amide bonds. The molecule has 0 bridgehead atoms. The minimum atomic E-state index is -3.23. The van der Waals surface area contributed by atoms with E-state index in [1.54, 1.807) is 30.3 Å². The number of carbonyl (C=O) groups is 1. The number of halogens is 1. The first kappa shape index (κ1) is 19.5. The number of thioether (sulfide) groups is 1. The van der Waals surface area contributed by atoms with Crippen LogP contribution in [0.3, 0.4) is 0 Å². The highest BCUT2D eigenvalue weighted by Crippen LogP contribution is 2.22. The zero-order valence-electron chi connectivity index (χ0n) is 14.0. The van der Waals surface area contributed by atoms with Crippen molar-refractivity contribution < 1.29 is 17.6 Å². The van der Waals surface area contributed by atoms with Crippen molar-refractivity contribution in [2.24, 2.45) is 0 Å². The summed E-state index contributed by atoms with van der Waals surface area (Å²) in [7, 11) is -3.23. The van der Waals surface area contributed by atoms with E-state index in [0.717, 1.165) is 11.8 Å². The predicted octanol–water partition coefficient (Wildman–Crippen LogP) is 3.59. The lowest BCUT2D eigenvalue weighted by Gasteiger charge is -2.14. The summed E-state index contributed by atoms with van der Waals surface area (Å²) >= 11 is 1.30. The van der Waals surface area contributed by atoms with Crippen molar-refractivity contribution in [1.29, 1.82) is 0 Å². The first-order valence-corrected chi connectivity index (χ1v) is 10.6. The molecule has 0 aromatic heterocycles. The molecule has 1 atom stereocenters. The maximum absolute atomic E-state index is 13.5. The lowest BCUT2D eigenvalue weighted by Crippen LogP contribution is -2.26. The molecule has 0 fully saturated rings. The van der Waals surface area contributed by atoms with Crippen molar-refractivity contribution >= 4 is 27.5 Å². The Kier molecular flexibility index (Phi) is 6.61. The molecule has 1 unspecified atom stereocenters. The summed E-state index contributed by atoms with van der Waals surface area (Å²) in [5, 5.41) is 2.86. The Hall–Kier alpha value is -1.86. The number of rotatable bonds is 7. The molecule has 0 saturated heterocycles. The Morgan fingerprint density at radius 1 is 1.16 bits per heavy atom. The van der Waals surface area contributed by atoms with Gasteiger partial charge in [-0.3, -0.25) is 4.79 Å². The third-order valence-corrected chi connectivity index (χ3v) is 5.79. The highest BCUT2D eigenvalue weighted by molar-refractivity contribution is 7.99. The average molecular weight is 381 g/mol. The van der Waals surface area contributed by atoms with Crippen LogP contribution in [0.2, 0.25) is 0 Å². The smallest absolute Gasteiger partial charge is 0.221 e. The number of nitrogens with one attached hydrogen (secondary N) is 1. The first-order chi connectivity index (χ1) is 11.8. The van der Waals surface area contributed by atoms with E-state index >= 15 is 0 Å². The van der Waals surface area contributed by atoms with Crippen LogP contribution in [0.5, 0.6) is 0 Å². The summed E-state index contributed by atoms with van der Waals surface area (Å²) in [4.78, 5) is 12.8. The molecular weight excluding hydrogens is 361 g/mol. The van der Waals surface area contributed by atoms with Gasteiger partial charge in [-0.2, -0.15) is 0 Å². The number of benzene rings is 2. The fraction of sp³-hybridized carbons (Fsp3) is 0.278. The summed E-state index contributed by atoms with van der Waals surface area (Å²) in [6.45, 7) is 1.83. The molecule has 25 heavy (non-hydrogen) atoms. The van der Waals surface area contributed by atoms with Gasteiger partial charge >= 0.3 is 0 Å². The minimum Gasteiger partial charge on any atom is -0.350 e. The zero-order valence-corrected chi connectivity index (χ0v) is 15.7. The van der Waals surface area contributed by atoms with Gasteiger partial charge in [0.05, 0.1) is 10.9 Å². The van der Waals surface area contributed by atoms with Crippen molar-refractivity contribution in [2.75, 3.05) is 12.0 Å². The van der Waals surface area contributed by atoms with E-state index < -0.39 is 9.84 Å². The van der Waals surface area contributed by atoms with Gasteiger partial charge in [0.2, 0.25) is 5.91 Å². The molecular formula is C18H20FNO3S2. The van der Waals surface area contributed by atoms with Crippen LogP contribution in [0.4, 0.5) is 4.39 Å². The summed E-state index contributed by atoms with van der Waals surface area (Å²) in [6.07, 6.45) is 1.42. The molecule has 0 aliphatic carbocycles. The number of hydrogen-bond donors (Lipinski definition) is 1. The molecule has 0 aliphatic heterocycles. The maximum Gasteiger partial charge on any atom is 0.221 e. The van der Waals surface area contributed by atoms with Gasteiger partial charge in [0.15, 0.2) is 9.84 Å². The van der Waals surface area contributed by atoms with Crippen LogP contribution < -0.4 is 5.32 Å². The van der Waals surface area contributed by atoms with Crippen molar-refractivity contribution in [2.45, 2.75) is 29.2 Å². The van der Waals surface area contributed by atoms with E-state index in [0.29, 0.717) is 10.6 Å². The van der Waals surface area contributed by atoms with Gasteiger partial charge in [-0.15, -0.1) is 11.8 Å². The van der Waals surface area contributed by atoms with E-state index in [1.807, 2.05) is 6.92 Å². The summed E-state index contributed by atoms with van der Waals surface area (Å²) in [5.41, 5.74) is 0.822. The normalized spacial score (nSPS) is 12.6. The lowest BCUT2D eigenvalue weighted by atomic mass is 10.1. The van der Waals surface area contributed by atoms with Gasteiger partial charge in [-0.05, 0) is 36.8 Å². The number of amides is 1. The van der Waals surface area contributed by atoms with Crippen molar-refractivity contribution in [3.63, 3.8) is 0 Å². The second-order valence-corrected chi connectivity index (χ2v) is 8.81. The average Bonchev–Trinajstić information content (AvgIpc) is 2.56. The predicted molar refractivity (Wildman–Crippen MR) is 97.9 cm³/mol. The second-order valence-electron chi connectivity index (χ2n) is 5.66. The standard InChI is InChI=1S/C18H20FNO3S2/c1-13(14-7-9-15(10-8-14)25(2,22)23)20-18(21)11-12-24-17-6-4-3-5-16(17)19/h3-10,13H,11-12H2,1-2H3,(H,20,21). The Balaban J connectivity index is 1.84. The topological polar surface area (TPSA) is 63.2 Å². The van der Waals surface area contributed by atoms with Gasteiger partial charge in [0, 0.05) is 23.3 Å². The number of sulfone groups is 1. The molecule has 0 heterocycles. The van der Waals surface area contributed by atoms with E-state index in [9.17, 15) is 17.6 Å². The Morgan fingerprint density at radius 2 is 1.80 bits per heavy atom. The van der Waals surface area contributed by atoms with Crippen LogP contribution >= 0.6 is 11.8 Å². The number of hydrogen-bond acceptors (Lipinski definition) is 4. The third kappa shape index (κ3) is 5.86. The summed E-state index contributed by atoms with van der Waals surface area (Å²) < 4.78 is 36.4. The van der Waals surface area contributed by atoms with Crippen LogP contribution in [0.25, 0.3) is 0 Å². The maximum atomic E-state index is 13.5. The van der Waals surface area contributed by atoms with Crippen LogP contribution in [0.1, 0.15) is 24.9 Å². The molecule has 0 radical (unpaired) electrons. The van der Waals surface area contributed by atoms with Gasteiger partial charge in [-0.25, -0.2) is 12.8 Å². The number of carbonyl (C=O) groups excluding carboxylic acids is 1. The molecule has 2 aromatic carbocycles. The highest BCUT2D eigenvalue weighted by atomic mass is 32.2. The van der Waals surface area contributed by atoms with Crippen LogP contribution in [-0.4, -0.2) is 26.3 Å². The molecule has 0 spiro atoms.